The van der Waals surface area contributed by atoms with Crippen LogP contribution in [-0.4, -0.2) is 70.8 Å². The molecule has 4 N–H and O–H groups in total. The topological polar surface area (TPSA) is 103 Å². The molecule has 0 saturated carbocycles. The summed E-state index contributed by atoms with van der Waals surface area (Å²) in [6.45, 7) is 1.90. The Morgan fingerprint density at radius 3 is 2.36 bits per heavy atom. The van der Waals surface area contributed by atoms with Crippen molar-refractivity contribution in [3.8, 4) is 0 Å². The van der Waals surface area contributed by atoms with E-state index in [2.05, 4.69) is 0 Å². The molecule has 1 fully saturated rings. The quantitative estimate of drug-likeness (QED) is 0.389. The first-order valence-corrected chi connectivity index (χ1v) is 7.14. The van der Waals surface area contributed by atoms with Gasteiger partial charge in [0.25, 0.3) is 0 Å². The van der Waals surface area contributed by atoms with Crippen LogP contribution < -0.4 is 0 Å². The van der Waals surface area contributed by atoms with Crippen LogP contribution in [0.15, 0.2) is 24.3 Å². The average Bonchev–Trinajstić information content (AvgIpc) is 2.89. The number of nitrogens with zero attached hydrogens (tertiary/aromatic N) is 1. The third kappa shape index (κ3) is 4.05. The molecule has 0 aromatic heterocycles. The number of hydrogen-bond donors (Lipinski definition) is 4. The van der Waals surface area contributed by atoms with E-state index >= 15 is 0 Å². The van der Waals surface area contributed by atoms with Crippen molar-refractivity contribution < 1.29 is 29.7 Å². The second-order valence-electron chi connectivity index (χ2n) is 5.57. The number of hydrogen-bond acceptors (Lipinski definition) is 7. The van der Waals surface area contributed by atoms with Crippen LogP contribution in [0.5, 0.6) is 0 Å². The van der Waals surface area contributed by atoms with E-state index in [-0.39, 0.29) is 0 Å². The Hall–Kier alpha value is -0.995. The van der Waals surface area contributed by atoms with Gasteiger partial charge in [-0.2, -0.15) is 0 Å². The van der Waals surface area contributed by atoms with Crippen molar-refractivity contribution >= 4 is 7.32 Å². The summed E-state index contributed by atoms with van der Waals surface area (Å²) in [7, 11) is 0.166. The molecule has 0 radical (unpaired) electrons. The van der Waals surface area contributed by atoms with Crippen molar-refractivity contribution in [2.45, 2.75) is 38.0 Å². The third-order valence-corrected chi connectivity index (χ3v) is 3.74. The minimum atomic E-state index is -1.53. The van der Waals surface area contributed by atoms with Gasteiger partial charge in [0.1, 0.15) is 24.5 Å². The molecule has 1 aromatic carbocycles. The Morgan fingerprint density at radius 2 is 1.77 bits per heavy atom. The fraction of sp³-hybridized carbons (Fsp3) is 0.571. The Labute approximate surface area is 129 Å². The van der Waals surface area contributed by atoms with E-state index in [9.17, 15) is 15.2 Å². The Kier molecular flexibility index (Phi) is 5.93. The van der Waals surface area contributed by atoms with E-state index in [1.54, 1.807) is 11.9 Å². The second kappa shape index (κ2) is 7.52. The number of aliphatic hydroxyl groups is 3. The maximum Gasteiger partial charge on any atom is 0.637 e. The van der Waals surface area contributed by atoms with E-state index in [0.29, 0.717) is 6.54 Å². The highest BCUT2D eigenvalue weighted by Crippen LogP contribution is 2.23. The molecule has 4 atom stereocenters. The van der Waals surface area contributed by atoms with Gasteiger partial charge in [-0.3, -0.25) is 4.90 Å². The molecular formula is C14H22BNO6. The first-order valence-electron chi connectivity index (χ1n) is 7.14. The van der Waals surface area contributed by atoms with Crippen molar-refractivity contribution in [3.63, 3.8) is 0 Å². The number of rotatable bonds is 6. The Bertz CT molecular complexity index is 473. The molecule has 7 nitrogen and oxygen atoms in total. The van der Waals surface area contributed by atoms with Crippen LogP contribution in [0.25, 0.3) is 0 Å². The van der Waals surface area contributed by atoms with E-state index in [1.165, 1.54) is 0 Å². The zero-order chi connectivity index (χ0) is 16.3. The number of aryl methyl sites for hydroxylation is 1. The SMILES string of the molecule is Cc1ccc(CN(C)C(O)C2OB(O)OC2C(O)CO)cc1. The van der Waals surface area contributed by atoms with Gasteiger partial charge in [-0.1, -0.05) is 29.8 Å². The summed E-state index contributed by atoms with van der Waals surface area (Å²) in [4.78, 5) is 1.62. The van der Waals surface area contributed by atoms with E-state index in [1.807, 2.05) is 31.2 Å². The van der Waals surface area contributed by atoms with Crippen LogP contribution in [0.4, 0.5) is 0 Å². The monoisotopic (exact) mass is 311 g/mol. The van der Waals surface area contributed by atoms with Gasteiger partial charge in [-0.05, 0) is 19.5 Å². The lowest BCUT2D eigenvalue weighted by atomic mass is 10.1. The fourth-order valence-corrected chi connectivity index (χ4v) is 2.44. The molecule has 1 saturated heterocycles. The summed E-state index contributed by atoms with van der Waals surface area (Å²) in [6.07, 6.45) is -4.32. The predicted molar refractivity (Wildman–Crippen MR) is 79.5 cm³/mol. The smallest absolute Gasteiger partial charge is 0.402 e. The second-order valence-corrected chi connectivity index (χ2v) is 5.57. The number of benzene rings is 1. The maximum atomic E-state index is 10.4. The molecule has 122 valence electrons. The molecule has 1 heterocycles. The van der Waals surface area contributed by atoms with Gasteiger partial charge in [0, 0.05) is 6.54 Å². The summed E-state index contributed by atoms with van der Waals surface area (Å²) in [5.41, 5.74) is 2.15. The zero-order valence-corrected chi connectivity index (χ0v) is 12.7. The molecule has 4 unspecified atom stereocenters. The van der Waals surface area contributed by atoms with Gasteiger partial charge in [0.05, 0.1) is 6.61 Å². The van der Waals surface area contributed by atoms with Crippen LogP contribution in [0.3, 0.4) is 0 Å². The molecule has 22 heavy (non-hydrogen) atoms. The highest BCUT2D eigenvalue weighted by atomic mass is 16.7. The lowest BCUT2D eigenvalue weighted by Crippen LogP contribution is -2.50. The lowest BCUT2D eigenvalue weighted by Gasteiger charge is -2.31. The standard InChI is InChI=1S/C14H22BNO6/c1-9-3-5-10(6-4-9)7-16(2)14(19)13-12(11(18)8-17)21-15(20)22-13/h3-6,11-14,17-20H,7-8H2,1-2H3. The Balaban J connectivity index is 2.02. The molecule has 1 aliphatic heterocycles. The normalized spacial score (nSPS) is 24.8. The van der Waals surface area contributed by atoms with E-state index < -0.39 is 38.5 Å². The van der Waals surface area contributed by atoms with Crippen molar-refractivity contribution in [2.75, 3.05) is 13.7 Å². The van der Waals surface area contributed by atoms with Crippen LogP contribution >= 0.6 is 0 Å². The van der Waals surface area contributed by atoms with Crippen molar-refractivity contribution in [2.24, 2.45) is 0 Å². The van der Waals surface area contributed by atoms with Crippen molar-refractivity contribution in [1.82, 2.24) is 4.90 Å². The number of aliphatic hydroxyl groups excluding tert-OH is 3. The largest absolute Gasteiger partial charge is 0.637 e. The fourth-order valence-electron chi connectivity index (χ4n) is 2.44. The first kappa shape index (κ1) is 17.4. The first-order chi connectivity index (χ1) is 10.4. The molecule has 0 aliphatic carbocycles. The molecule has 1 aliphatic rings. The van der Waals surface area contributed by atoms with Gasteiger partial charge in [-0.15, -0.1) is 0 Å². The van der Waals surface area contributed by atoms with Gasteiger partial charge >= 0.3 is 7.32 Å². The van der Waals surface area contributed by atoms with Crippen LogP contribution in [0, 0.1) is 6.92 Å². The molecule has 2 rings (SSSR count). The van der Waals surface area contributed by atoms with Gasteiger partial charge in [0.2, 0.25) is 0 Å². The molecule has 0 bridgehead atoms. The summed E-state index contributed by atoms with van der Waals surface area (Å²) in [5.74, 6) is 0. The van der Waals surface area contributed by atoms with E-state index in [4.69, 9.17) is 14.4 Å². The van der Waals surface area contributed by atoms with Gasteiger partial charge < -0.3 is 29.7 Å². The highest BCUT2D eigenvalue weighted by molar-refractivity contribution is 6.35. The third-order valence-electron chi connectivity index (χ3n) is 3.74. The molecule has 0 spiro atoms. The summed E-state index contributed by atoms with van der Waals surface area (Å²) in [6, 6.07) is 7.87. The lowest BCUT2D eigenvalue weighted by molar-refractivity contribution is -0.103. The highest BCUT2D eigenvalue weighted by Gasteiger charge is 2.47. The summed E-state index contributed by atoms with van der Waals surface area (Å²) < 4.78 is 10.1. The minimum Gasteiger partial charge on any atom is -0.402 e. The Morgan fingerprint density at radius 1 is 1.18 bits per heavy atom. The molecule has 8 heteroatoms. The molecule has 0 amide bonds. The van der Waals surface area contributed by atoms with Crippen LogP contribution in [-0.2, 0) is 15.9 Å². The molecule has 1 aromatic rings. The summed E-state index contributed by atoms with van der Waals surface area (Å²) >= 11 is 0. The summed E-state index contributed by atoms with van der Waals surface area (Å²) in [5, 5.41) is 38.5. The van der Waals surface area contributed by atoms with Gasteiger partial charge in [0.15, 0.2) is 0 Å². The average molecular weight is 311 g/mol. The maximum absolute atomic E-state index is 10.4. The van der Waals surface area contributed by atoms with Crippen LogP contribution in [0.2, 0.25) is 0 Å². The number of likely N-dealkylation sites (N-methyl/N-ethyl adjacent to an activating group) is 1. The van der Waals surface area contributed by atoms with Crippen molar-refractivity contribution in [1.29, 1.82) is 0 Å². The zero-order valence-electron chi connectivity index (χ0n) is 12.7. The minimum absolute atomic E-state index is 0.458. The van der Waals surface area contributed by atoms with Gasteiger partial charge in [-0.25, -0.2) is 0 Å². The van der Waals surface area contributed by atoms with Crippen molar-refractivity contribution in [3.05, 3.63) is 35.4 Å². The molecular weight excluding hydrogens is 289 g/mol. The van der Waals surface area contributed by atoms with E-state index in [0.717, 1.165) is 11.1 Å². The van der Waals surface area contributed by atoms with Crippen LogP contribution in [0.1, 0.15) is 11.1 Å². The predicted octanol–water partition coefficient (Wildman–Crippen LogP) is -1.14.